The molecule has 0 atom stereocenters. The van der Waals surface area contributed by atoms with Gasteiger partial charge in [0.25, 0.3) is 5.56 Å². The van der Waals surface area contributed by atoms with Crippen LogP contribution in [0, 0.1) is 0 Å². The quantitative estimate of drug-likeness (QED) is 0.416. The lowest BCUT2D eigenvalue weighted by Gasteiger charge is -2.26. The molecule has 0 aliphatic carbocycles. The number of rotatable bonds is 5. The Morgan fingerprint density at radius 2 is 1.97 bits per heavy atom. The maximum atomic E-state index is 13.2. The number of hydrogen-bond acceptors (Lipinski definition) is 7. The van der Waals surface area contributed by atoms with E-state index in [0.29, 0.717) is 22.4 Å². The summed E-state index contributed by atoms with van der Waals surface area (Å²) >= 11 is 0. The van der Waals surface area contributed by atoms with E-state index in [2.05, 4.69) is 27.2 Å². The molecule has 5 rings (SSSR count). The number of nitrogen functional groups attached to an aromatic ring is 1. The molecule has 0 radical (unpaired) electrons. The van der Waals surface area contributed by atoms with Crippen molar-refractivity contribution >= 4 is 28.4 Å². The van der Waals surface area contributed by atoms with E-state index in [4.69, 9.17) is 10.5 Å². The first kappa shape index (κ1) is 24.6. The van der Waals surface area contributed by atoms with Crippen molar-refractivity contribution in [1.29, 1.82) is 0 Å². The molecular weight excluding hydrogens is 485 g/mol. The molecule has 192 valence electrons. The number of nitrogens with zero attached hydrogens (tertiary/aromatic N) is 4. The number of ether oxygens (including phenoxy) is 1. The van der Waals surface area contributed by atoms with Gasteiger partial charge in [0.05, 0.1) is 30.3 Å². The molecule has 8 nitrogen and oxygen atoms in total. The highest BCUT2D eigenvalue weighted by Gasteiger charge is 2.30. The number of nitrogens with one attached hydrogen (secondary N) is 1. The number of halogens is 3. The third-order valence-corrected chi connectivity index (χ3v) is 6.45. The van der Waals surface area contributed by atoms with Crippen LogP contribution in [0.25, 0.3) is 11.0 Å². The van der Waals surface area contributed by atoms with E-state index >= 15 is 0 Å². The van der Waals surface area contributed by atoms with E-state index in [1.54, 1.807) is 7.11 Å². The Morgan fingerprint density at radius 1 is 1.16 bits per heavy atom. The van der Waals surface area contributed by atoms with Crippen molar-refractivity contribution in [1.82, 2.24) is 19.4 Å². The fourth-order valence-electron chi connectivity index (χ4n) is 4.53. The zero-order valence-electron chi connectivity index (χ0n) is 20.3. The lowest BCUT2D eigenvalue weighted by molar-refractivity contribution is -0.137. The number of benzene rings is 2. The van der Waals surface area contributed by atoms with Gasteiger partial charge >= 0.3 is 6.18 Å². The van der Waals surface area contributed by atoms with Crippen molar-refractivity contribution in [3.05, 3.63) is 81.3 Å². The molecule has 0 saturated heterocycles. The van der Waals surface area contributed by atoms with Gasteiger partial charge in [-0.3, -0.25) is 9.36 Å². The molecule has 3 N–H and O–H groups in total. The summed E-state index contributed by atoms with van der Waals surface area (Å²) in [6, 6.07) is 10.0. The number of likely N-dealkylation sites (N-methyl/N-ethyl adjacent to an activating group) is 1. The monoisotopic (exact) mass is 510 g/mol. The molecule has 1 aliphatic rings. The van der Waals surface area contributed by atoms with Crippen LogP contribution in [-0.2, 0) is 25.7 Å². The fourth-order valence-corrected chi connectivity index (χ4v) is 4.53. The zero-order chi connectivity index (χ0) is 26.3. The van der Waals surface area contributed by atoms with Gasteiger partial charge in [0.2, 0.25) is 5.95 Å². The Balaban J connectivity index is 1.55. The Labute approximate surface area is 210 Å². The Bertz CT molecular complexity index is 1550. The van der Waals surface area contributed by atoms with Gasteiger partial charge in [-0.15, -0.1) is 0 Å². The molecule has 0 fully saturated rings. The third kappa shape index (κ3) is 4.94. The van der Waals surface area contributed by atoms with Gasteiger partial charge in [0.1, 0.15) is 5.75 Å². The minimum absolute atomic E-state index is 0.121. The molecule has 0 spiro atoms. The number of hydrogen-bond donors (Lipinski definition) is 2. The molecule has 11 heteroatoms. The summed E-state index contributed by atoms with van der Waals surface area (Å²) in [6.45, 7) is 1.63. The summed E-state index contributed by atoms with van der Waals surface area (Å²) in [5.41, 5.74) is 8.49. The van der Waals surface area contributed by atoms with Crippen LogP contribution in [0.15, 0.2) is 53.5 Å². The summed E-state index contributed by atoms with van der Waals surface area (Å²) in [6.07, 6.45) is -2.09. The lowest BCUT2D eigenvalue weighted by atomic mass is 9.99. The molecule has 3 heterocycles. The molecule has 0 saturated carbocycles. The fraction of sp³-hybridized carbons (Fsp3) is 0.269. The average Bonchev–Trinajstić information content (AvgIpc) is 2.85. The predicted octanol–water partition coefficient (Wildman–Crippen LogP) is 4.18. The normalized spacial score (nSPS) is 14.0. The summed E-state index contributed by atoms with van der Waals surface area (Å²) < 4.78 is 46.5. The van der Waals surface area contributed by atoms with Crippen LogP contribution in [0.1, 0.15) is 22.3 Å². The first-order valence-corrected chi connectivity index (χ1v) is 11.6. The number of anilines is 3. The topological polar surface area (TPSA) is 98.3 Å². The Hall–Kier alpha value is -4.12. The van der Waals surface area contributed by atoms with Crippen LogP contribution in [0.4, 0.5) is 30.5 Å². The van der Waals surface area contributed by atoms with E-state index in [1.807, 2.05) is 12.1 Å². The molecule has 0 amide bonds. The second-order valence-corrected chi connectivity index (χ2v) is 9.09. The molecule has 0 bridgehead atoms. The van der Waals surface area contributed by atoms with Crippen LogP contribution in [-0.4, -0.2) is 40.1 Å². The number of alkyl halides is 3. The lowest BCUT2D eigenvalue weighted by Crippen LogP contribution is -2.26. The molecule has 0 unspecified atom stereocenters. The molecule has 37 heavy (non-hydrogen) atoms. The van der Waals surface area contributed by atoms with Crippen molar-refractivity contribution in [2.24, 2.45) is 0 Å². The second kappa shape index (κ2) is 9.40. The van der Waals surface area contributed by atoms with E-state index < -0.39 is 17.3 Å². The van der Waals surface area contributed by atoms with Gasteiger partial charge in [-0.25, -0.2) is 4.98 Å². The van der Waals surface area contributed by atoms with E-state index in [0.717, 1.165) is 37.2 Å². The van der Waals surface area contributed by atoms with Crippen LogP contribution >= 0.6 is 0 Å². The number of pyridine rings is 1. The highest BCUT2D eigenvalue weighted by atomic mass is 19.4. The molecule has 1 aliphatic heterocycles. The Kier molecular flexibility index (Phi) is 6.24. The number of nitrogens with two attached hydrogens (primary N) is 1. The highest BCUT2D eigenvalue weighted by molar-refractivity contribution is 5.88. The van der Waals surface area contributed by atoms with Gasteiger partial charge in [0.15, 0.2) is 5.65 Å². The molecule has 2 aromatic heterocycles. The van der Waals surface area contributed by atoms with E-state index in [9.17, 15) is 18.0 Å². The predicted molar refractivity (Wildman–Crippen MR) is 135 cm³/mol. The van der Waals surface area contributed by atoms with Gasteiger partial charge in [-0.1, -0.05) is 12.1 Å². The van der Waals surface area contributed by atoms with Crippen molar-refractivity contribution in [3.8, 4) is 5.75 Å². The largest absolute Gasteiger partial charge is 0.495 e. The van der Waals surface area contributed by atoms with Crippen LogP contribution < -0.4 is 21.3 Å². The van der Waals surface area contributed by atoms with Crippen LogP contribution in [0.3, 0.4) is 0 Å². The van der Waals surface area contributed by atoms with Crippen LogP contribution in [0.5, 0.6) is 5.75 Å². The summed E-state index contributed by atoms with van der Waals surface area (Å²) in [4.78, 5) is 24.0. The molecule has 4 aromatic rings. The number of fused-ring (bicyclic) bond motifs is 2. The van der Waals surface area contributed by atoms with Gasteiger partial charge in [-0.05, 0) is 54.4 Å². The first-order valence-electron chi connectivity index (χ1n) is 11.6. The summed E-state index contributed by atoms with van der Waals surface area (Å²) in [5, 5.41) is 3.58. The highest BCUT2D eigenvalue weighted by Crippen LogP contribution is 2.33. The summed E-state index contributed by atoms with van der Waals surface area (Å²) in [7, 11) is 3.64. The van der Waals surface area contributed by atoms with Crippen molar-refractivity contribution < 1.29 is 17.9 Å². The smallest absolute Gasteiger partial charge is 0.416 e. The molecule has 2 aromatic carbocycles. The zero-order valence-corrected chi connectivity index (χ0v) is 20.3. The van der Waals surface area contributed by atoms with E-state index in [1.165, 1.54) is 34.5 Å². The minimum Gasteiger partial charge on any atom is -0.495 e. The number of aromatic nitrogens is 3. The maximum Gasteiger partial charge on any atom is 0.416 e. The number of methoxy groups -OCH3 is 1. The van der Waals surface area contributed by atoms with Gasteiger partial charge < -0.3 is 20.7 Å². The van der Waals surface area contributed by atoms with E-state index in [-0.39, 0.29) is 23.8 Å². The molecular formula is C26H25F3N6O2. The van der Waals surface area contributed by atoms with Gasteiger partial charge in [-0.2, -0.15) is 18.2 Å². The van der Waals surface area contributed by atoms with Gasteiger partial charge in [0, 0.05) is 31.0 Å². The minimum atomic E-state index is -4.49. The first-order chi connectivity index (χ1) is 17.6. The Morgan fingerprint density at radius 3 is 2.73 bits per heavy atom. The second-order valence-electron chi connectivity index (χ2n) is 9.09. The average molecular weight is 511 g/mol. The van der Waals surface area contributed by atoms with Crippen molar-refractivity contribution in [2.75, 3.05) is 31.8 Å². The SMILES string of the molecule is COc1cc2c(cc1Nc1ncc3c(N)cc(=O)n(Cc4cccc(C(F)(F)F)c4)c3n1)CN(C)CC2. The van der Waals surface area contributed by atoms with Crippen molar-refractivity contribution in [2.45, 2.75) is 25.7 Å². The van der Waals surface area contributed by atoms with Crippen molar-refractivity contribution in [3.63, 3.8) is 0 Å². The van der Waals surface area contributed by atoms with Crippen LogP contribution in [0.2, 0.25) is 0 Å². The summed E-state index contributed by atoms with van der Waals surface area (Å²) in [5.74, 6) is 0.818. The third-order valence-electron chi connectivity index (χ3n) is 6.45. The standard InChI is InChI=1S/C26H25F3N6O2/c1-34-7-6-16-10-22(37-2)21(9-17(16)14-34)32-25-31-12-19-20(30)11-23(36)35(24(19)33-25)13-15-4-3-5-18(8-15)26(27,28)29/h3-5,8-12H,6-7,13-14,30H2,1-2H3,(H,31,32,33). The maximum absolute atomic E-state index is 13.2.